The zero-order chi connectivity index (χ0) is 13.0. The minimum Gasteiger partial charge on any atom is -0.301 e. The molecule has 0 aliphatic carbocycles. The number of nitrogens with zero attached hydrogens (tertiary/aromatic N) is 4. The van der Waals surface area contributed by atoms with Gasteiger partial charge in [0, 0.05) is 31.2 Å². The van der Waals surface area contributed by atoms with E-state index in [9.17, 15) is 9.18 Å². The number of aromatic nitrogens is 4. The van der Waals surface area contributed by atoms with Crippen LogP contribution in [0.4, 0.5) is 9.52 Å². The molecule has 6 nitrogen and oxygen atoms in total. The van der Waals surface area contributed by atoms with Crippen molar-refractivity contribution < 1.29 is 9.18 Å². The van der Waals surface area contributed by atoms with Crippen molar-refractivity contribution in [1.82, 2.24) is 19.1 Å². The van der Waals surface area contributed by atoms with Crippen molar-refractivity contribution in [2.75, 3.05) is 12.0 Å². The molecule has 0 fully saturated rings. The van der Waals surface area contributed by atoms with Crippen molar-refractivity contribution in [2.24, 2.45) is 7.05 Å². The molecule has 1 amide bonds. The lowest BCUT2D eigenvalue weighted by molar-refractivity contribution is -0.116. The number of halogens is 1. The van der Waals surface area contributed by atoms with Gasteiger partial charge in [-0.2, -0.15) is 14.5 Å². The van der Waals surface area contributed by atoms with Gasteiger partial charge in [-0.3, -0.25) is 13.9 Å². The van der Waals surface area contributed by atoms with Crippen LogP contribution in [0.5, 0.6) is 0 Å². The van der Waals surface area contributed by atoms with Gasteiger partial charge in [-0.05, 0) is 6.42 Å². The van der Waals surface area contributed by atoms with Crippen molar-refractivity contribution in [1.29, 1.82) is 0 Å². The first-order valence-corrected chi connectivity index (χ1v) is 6.15. The monoisotopic (exact) mass is 269 g/mol. The number of hydrogen-bond acceptors (Lipinski definition) is 5. The number of carbonyl (C=O) groups excluding carboxylic acids is 1. The van der Waals surface area contributed by atoms with E-state index in [1.165, 1.54) is 0 Å². The van der Waals surface area contributed by atoms with E-state index in [1.807, 2.05) is 0 Å². The summed E-state index contributed by atoms with van der Waals surface area (Å²) < 4.78 is 17.7. The molecular formula is C10H12FN5OS. The normalized spacial score (nSPS) is 10.6. The number of carbonyl (C=O) groups is 1. The van der Waals surface area contributed by atoms with Gasteiger partial charge in [-0.1, -0.05) is 0 Å². The predicted molar refractivity (Wildman–Crippen MR) is 65.9 cm³/mol. The van der Waals surface area contributed by atoms with Crippen LogP contribution in [-0.4, -0.2) is 31.7 Å². The highest BCUT2D eigenvalue weighted by Crippen LogP contribution is 2.20. The average molecular weight is 269 g/mol. The summed E-state index contributed by atoms with van der Waals surface area (Å²) in [5, 5.41) is 7.02. The van der Waals surface area contributed by atoms with Gasteiger partial charge < -0.3 is 5.32 Å². The van der Waals surface area contributed by atoms with E-state index in [1.54, 1.807) is 24.1 Å². The summed E-state index contributed by atoms with van der Waals surface area (Å²) in [6, 6.07) is 0. The van der Waals surface area contributed by atoms with E-state index in [0.717, 1.165) is 17.1 Å². The second-order valence-electron chi connectivity index (χ2n) is 3.67. The van der Waals surface area contributed by atoms with Crippen LogP contribution in [-0.2, 0) is 11.8 Å². The van der Waals surface area contributed by atoms with Gasteiger partial charge in [0.1, 0.15) is 0 Å². The molecule has 1 N–H and O–H groups in total. The standard InChI is InChI=1S/C10H12FN5OS/c1-16-6-7(5-12-16)9-14-10(18-15-9)13-8(17)3-2-4-11/h5-6H,2-4H2,1H3,(H,13,14,15,17). The fourth-order valence-electron chi connectivity index (χ4n) is 1.34. The molecule has 0 saturated heterocycles. The van der Waals surface area contributed by atoms with Gasteiger partial charge in [0.15, 0.2) is 5.82 Å². The maximum atomic E-state index is 11.9. The quantitative estimate of drug-likeness (QED) is 0.895. The first-order valence-electron chi connectivity index (χ1n) is 5.37. The Hall–Kier alpha value is -1.83. The topological polar surface area (TPSA) is 72.7 Å². The largest absolute Gasteiger partial charge is 0.301 e. The molecule has 0 aliphatic heterocycles. The molecule has 0 radical (unpaired) electrons. The molecule has 0 unspecified atom stereocenters. The molecule has 0 atom stereocenters. The minimum absolute atomic E-state index is 0.151. The van der Waals surface area contributed by atoms with Crippen LogP contribution in [0, 0.1) is 0 Å². The molecule has 2 aromatic rings. The van der Waals surface area contributed by atoms with Gasteiger partial charge in [-0.15, -0.1) is 0 Å². The average Bonchev–Trinajstić information content (AvgIpc) is 2.95. The molecule has 0 spiro atoms. The summed E-state index contributed by atoms with van der Waals surface area (Å²) >= 11 is 1.09. The Labute approximate surface area is 107 Å². The molecule has 2 heterocycles. The zero-order valence-electron chi connectivity index (χ0n) is 9.76. The Kier molecular flexibility index (Phi) is 3.98. The third-order valence-electron chi connectivity index (χ3n) is 2.17. The lowest BCUT2D eigenvalue weighted by Crippen LogP contribution is -2.11. The fourth-order valence-corrected chi connectivity index (χ4v) is 1.94. The maximum Gasteiger partial charge on any atom is 0.226 e. The SMILES string of the molecule is Cn1cc(-c2nsc(NC(=O)CCCF)n2)cn1. The van der Waals surface area contributed by atoms with Crippen molar-refractivity contribution in [3.05, 3.63) is 12.4 Å². The van der Waals surface area contributed by atoms with E-state index in [0.29, 0.717) is 11.0 Å². The fraction of sp³-hybridized carbons (Fsp3) is 0.400. The number of anilines is 1. The van der Waals surface area contributed by atoms with Crippen molar-refractivity contribution in [3.8, 4) is 11.4 Å². The molecule has 0 bridgehead atoms. The maximum absolute atomic E-state index is 11.9. The van der Waals surface area contributed by atoms with Gasteiger partial charge in [0.2, 0.25) is 11.0 Å². The third-order valence-corrected chi connectivity index (χ3v) is 2.80. The van der Waals surface area contributed by atoms with E-state index in [-0.39, 0.29) is 18.7 Å². The third kappa shape index (κ3) is 3.10. The lowest BCUT2D eigenvalue weighted by atomic mass is 10.3. The number of rotatable bonds is 5. The van der Waals surface area contributed by atoms with Crippen molar-refractivity contribution in [3.63, 3.8) is 0 Å². The summed E-state index contributed by atoms with van der Waals surface area (Å²) in [4.78, 5) is 15.5. The second-order valence-corrected chi connectivity index (χ2v) is 4.42. The number of nitrogens with one attached hydrogen (secondary N) is 1. The Morgan fingerprint density at radius 2 is 2.44 bits per heavy atom. The van der Waals surface area contributed by atoms with Crippen LogP contribution in [0.3, 0.4) is 0 Å². The van der Waals surface area contributed by atoms with E-state index < -0.39 is 6.67 Å². The molecule has 0 saturated carbocycles. The summed E-state index contributed by atoms with van der Waals surface area (Å²) in [6.07, 6.45) is 3.81. The molecule has 96 valence electrons. The zero-order valence-corrected chi connectivity index (χ0v) is 10.6. The molecule has 2 aromatic heterocycles. The highest BCUT2D eigenvalue weighted by atomic mass is 32.1. The van der Waals surface area contributed by atoms with Crippen LogP contribution in [0.15, 0.2) is 12.4 Å². The van der Waals surface area contributed by atoms with E-state index >= 15 is 0 Å². The molecule has 18 heavy (non-hydrogen) atoms. The highest BCUT2D eigenvalue weighted by Gasteiger charge is 2.10. The summed E-state index contributed by atoms with van der Waals surface area (Å²) in [6.45, 7) is -0.496. The van der Waals surface area contributed by atoms with Crippen molar-refractivity contribution >= 4 is 22.6 Å². The second kappa shape index (κ2) is 5.67. The number of alkyl halides is 1. The smallest absolute Gasteiger partial charge is 0.226 e. The lowest BCUT2D eigenvalue weighted by Gasteiger charge is -1.97. The van der Waals surface area contributed by atoms with Crippen LogP contribution in [0.2, 0.25) is 0 Å². The van der Waals surface area contributed by atoms with Gasteiger partial charge in [0.25, 0.3) is 0 Å². The molecule has 0 aliphatic rings. The first-order chi connectivity index (χ1) is 8.69. The number of aryl methyl sites for hydroxylation is 1. The van der Waals surface area contributed by atoms with Gasteiger partial charge >= 0.3 is 0 Å². The van der Waals surface area contributed by atoms with Crippen LogP contribution in [0.1, 0.15) is 12.8 Å². The molecular weight excluding hydrogens is 257 g/mol. The van der Waals surface area contributed by atoms with Crippen LogP contribution < -0.4 is 5.32 Å². The minimum atomic E-state index is -0.496. The van der Waals surface area contributed by atoms with Crippen LogP contribution >= 0.6 is 11.5 Å². The Morgan fingerprint density at radius 1 is 1.61 bits per heavy atom. The highest BCUT2D eigenvalue weighted by molar-refractivity contribution is 7.10. The summed E-state index contributed by atoms with van der Waals surface area (Å²) in [5.74, 6) is 0.274. The number of hydrogen-bond donors (Lipinski definition) is 1. The molecule has 2 rings (SSSR count). The molecule has 0 aromatic carbocycles. The molecule has 8 heteroatoms. The van der Waals surface area contributed by atoms with Crippen LogP contribution in [0.25, 0.3) is 11.4 Å². The summed E-state index contributed by atoms with van der Waals surface area (Å²) in [5.41, 5.74) is 0.790. The number of amides is 1. The van der Waals surface area contributed by atoms with Crippen molar-refractivity contribution in [2.45, 2.75) is 12.8 Å². The Balaban J connectivity index is 2.00. The summed E-state index contributed by atoms with van der Waals surface area (Å²) in [7, 11) is 1.80. The van der Waals surface area contributed by atoms with E-state index in [4.69, 9.17) is 0 Å². The van der Waals surface area contributed by atoms with Gasteiger partial charge in [0.05, 0.1) is 18.4 Å². The van der Waals surface area contributed by atoms with E-state index in [2.05, 4.69) is 19.8 Å². The Morgan fingerprint density at radius 3 is 3.11 bits per heavy atom. The van der Waals surface area contributed by atoms with Gasteiger partial charge in [-0.25, -0.2) is 0 Å². The predicted octanol–water partition coefficient (Wildman–Crippen LogP) is 1.63. The first kappa shape index (κ1) is 12.6. The Bertz CT molecular complexity index is 538.